The van der Waals surface area contributed by atoms with Crippen LogP contribution in [0.15, 0.2) is 35.2 Å². The summed E-state index contributed by atoms with van der Waals surface area (Å²) in [5.41, 5.74) is 0.928. The van der Waals surface area contributed by atoms with Gasteiger partial charge in [0.2, 0.25) is 0 Å². The third-order valence-corrected chi connectivity index (χ3v) is 5.24. The molecule has 0 bridgehead atoms. The molecule has 2 N–H and O–H groups in total. The van der Waals surface area contributed by atoms with Gasteiger partial charge in [0.15, 0.2) is 5.82 Å². The van der Waals surface area contributed by atoms with E-state index in [1.165, 1.54) is 24.3 Å². The molecule has 2 aromatic rings. The number of ether oxygens (including phenoxy) is 1. The number of aromatic amines is 1. The van der Waals surface area contributed by atoms with E-state index in [2.05, 4.69) is 14.9 Å². The van der Waals surface area contributed by atoms with E-state index in [0.717, 1.165) is 31.7 Å². The molecule has 0 atom stereocenters. The van der Waals surface area contributed by atoms with Gasteiger partial charge < -0.3 is 4.74 Å². The average Bonchev–Trinajstić information content (AvgIpc) is 2.96. The molecule has 2 heterocycles. The Balaban J connectivity index is 1.75. The molecule has 118 valence electrons. The topological polar surface area (TPSA) is 84.1 Å². The molecular formula is C14H16ClN3O3S. The highest BCUT2D eigenvalue weighted by Crippen LogP contribution is 2.27. The predicted octanol–water partition coefficient (Wildman–Crippen LogP) is 2.76. The van der Waals surface area contributed by atoms with Gasteiger partial charge in [0.25, 0.3) is 10.0 Å². The lowest BCUT2D eigenvalue weighted by molar-refractivity contribution is 0.0845. The van der Waals surface area contributed by atoms with Crippen molar-refractivity contribution in [2.75, 3.05) is 17.9 Å². The number of nitrogens with one attached hydrogen (secondary N) is 2. The van der Waals surface area contributed by atoms with Crippen molar-refractivity contribution in [3.05, 3.63) is 41.0 Å². The molecule has 1 aliphatic rings. The monoisotopic (exact) mass is 341 g/mol. The lowest BCUT2D eigenvalue weighted by atomic mass is 9.97. The summed E-state index contributed by atoms with van der Waals surface area (Å²) in [6.45, 7) is 1.44. The van der Waals surface area contributed by atoms with E-state index in [9.17, 15) is 8.42 Å². The first kappa shape index (κ1) is 15.3. The minimum atomic E-state index is -3.66. The Morgan fingerprint density at radius 2 is 1.91 bits per heavy atom. The number of H-pyrrole nitrogens is 1. The fourth-order valence-corrected chi connectivity index (χ4v) is 3.54. The third kappa shape index (κ3) is 3.43. The number of rotatable bonds is 4. The maximum absolute atomic E-state index is 12.3. The Labute approximate surface area is 133 Å². The summed E-state index contributed by atoms with van der Waals surface area (Å²) in [5.74, 6) is 0.617. The molecule has 8 heteroatoms. The van der Waals surface area contributed by atoms with Crippen LogP contribution in [0, 0.1) is 0 Å². The number of nitrogens with zero attached hydrogens (tertiary/aromatic N) is 1. The van der Waals surface area contributed by atoms with Gasteiger partial charge in [-0.15, -0.1) is 0 Å². The zero-order valence-electron chi connectivity index (χ0n) is 11.8. The van der Waals surface area contributed by atoms with E-state index in [1.807, 2.05) is 0 Å². The summed E-state index contributed by atoms with van der Waals surface area (Å²) in [6, 6.07) is 7.72. The van der Waals surface area contributed by atoms with Crippen LogP contribution in [0.1, 0.15) is 24.5 Å². The molecular weight excluding hydrogens is 326 g/mol. The van der Waals surface area contributed by atoms with Gasteiger partial charge in [0, 0.05) is 35.9 Å². The molecule has 0 amide bonds. The van der Waals surface area contributed by atoms with Gasteiger partial charge in [-0.25, -0.2) is 8.42 Å². The summed E-state index contributed by atoms with van der Waals surface area (Å²) in [4.78, 5) is 0.146. The van der Waals surface area contributed by atoms with Crippen molar-refractivity contribution in [2.45, 2.75) is 23.7 Å². The summed E-state index contributed by atoms with van der Waals surface area (Å²) in [7, 11) is -3.66. The first-order chi connectivity index (χ1) is 10.5. The van der Waals surface area contributed by atoms with E-state index in [4.69, 9.17) is 16.3 Å². The number of hydrogen-bond acceptors (Lipinski definition) is 4. The molecule has 0 spiro atoms. The van der Waals surface area contributed by atoms with Crippen LogP contribution in [0.3, 0.4) is 0 Å². The summed E-state index contributed by atoms with van der Waals surface area (Å²) in [6.07, 6.45) is 1.82. The average molecular weight is 342 g/mol. The molecule has 0 unspecified atom stereocenters. The zero-order valence-corrected chi connectivity index (χ0v) is 13.3. The van der Waals surface area contributed by atoms with Crippen molar-refractivity contribution in [2.24, 2.45) is 0 Å². The molecule has 22 heavy (non-hydrogen) atoms. The second-order valence-corrected chi connectivity index (χ2v) is 7.27. The first-order valence-corrected chi connectivity index (χ1v) is 8.82. The lowest BCUT2D eigenvalue weighted by Gasteiger charge is -2.20. The Bertz CT molecular complexity index is 737. The van der Waals surface area contributed by atoms with Crippen molar-refractivity contribution < 1.29 is 13.2 Å². The van der Waals surface area contributed by atoms with Crippen LogP contribution < -0.4 is 4.72 Å². The number of benzene rings is 1. The second kappa shape index (κ2) is 6.28. The van der Waals surface area contributed by atoms with Crippen LogP contribution in [0.5, 0.6) is 0 Å². The molecule has 1 fully saturated rings. The Kier molecular flexibility index (Phi) is 4.37. The number of anilines is 1. The predicted molar refractivity (Wildman–Crippen MR) is 83.6 cm³/mol. The third-order valence-electron chi connectivity index (χ3n) is 3.62. The maximum atomic E-state index is 12.3. The fraction of sp³-hybridized carbons (Fsp3) is 0.357. The molecule has 1 aromatic carbocycles. The van der Waals surface area contributed by atoms with Crippen LogP contribution in [0.25, 0.3) is 0 Å². The largest absolute Gasteiger partial charge is 0.381 e. The highest BCUT2D eigenvalue weighted by atomic mass is 35.5. The maximum Gasteiger partial charge on any atom is 0.263 e. The van der Waals surface area contributed by atoms with E-state index >= 15 is 0 Å². The molecule has 3 rings (SSSR count). The SMILES string of the molecule is O=S(=O)(Nc1cc(C2CCOCC2)[nH]n1)c1ccc(Cl)cc1. The minimum absolute atomic E-state index is 0.146. The number of sulfonamides is 1. The van der Waals surface area contributed by atoms with Gasteiger partial charge in [0.1, 0.15) is 0 Å². The van der Waals surface area contributed by atoms with E-state index in [-0.39, 0.29) is 10.7 Å². The van der Waals surface area contributed by atoms with E-state index < -0.39 is 10.0 Å². The standard InChI is InChI=1S/C14H16ClN3O3S/c15-11-1-3-12(4-2-11)22(19,20)18-14-9-13(16-17-14)10-5-7-21-8-6-10/h1-4,9-10H,5-8H2,(H2,16,17,18). The van der Waals surface area contributed by atoms with Gasteiger partial charge in [-0.1, -0.05) is 11.6 Å². The lowest BCUT2D eigenvalue weighted by Crippen LogP contribution is -2.14. The Morgan fingerprint density at radius 1 is 1.23 bits per heavy atom. The van der Waals surface area contributed by atoms with Crippen LogP contribution in [0.4, 0.5) is 5.82 Å². The normalized spacial score (nSPS) is 16.6. The Morgan fingerprint density at radius 3 is 2.59 bits per heavy atom. The smallest absolute Gasteiger partial charge is 0.263 e. The van der Waals surface area contributed by atoms with Gasteiger partial charge in [0.05, 0.1) is 4.90 Å². The van der Waals surface area contributed by atoms with Crippen molar-refractivity contribution in [1.29, 1.82) is 0 Å². The Hall–Kier alpha value is -1.57. The van der Waals surface area contributed by atoms with Crippen LogP contribution in [-0.2, 0) is 14.8 Å². The molecule has 1 saturated heterocycles. The molecule has 6 nitrogen and oxygen atoms in total. The van der Waals surface area contributed by atoms with Gasteiger partial charge in [-0.05, 0) is 37.1 Å². The molecule has 0 radical (unpaired) electrons. The summed E-state index contributed by atoms with van der Waals surface area (Å²) < 4.78 is 32.3. The molecule has 0 saturated carbocycles. The second-order valence-electron chi connectivity index (χ2n) is 5.15. The van der Waals surface area contributed by atoms with E-state index in [0.29, 0.717) is 10.9 Å². The van der Waals surface area contributed by atoms with Crippen LogP contribution in [0.2, 0.25) is 5.02 Å². The first-order valence-electron chi connectivity index (χ1n) is 6.96. The van der Waals surface area contributed by atoms with Gasteiger partial charge in [-0.2, -0.15) is 5.10 Å². The van der Waals surface area contributed by atoms with Crippen LogP contribution >= 0.6 is 11.6 Å². The van der Waals surface area contributed by atoms with Crippen molar-refractivity contribution >= 4 is 27.4 Å². The fourth-order valence-electron chi connectivity index (χ4n) is 2.42. The van der Waals surface area contributed by atoms with Crippen LogP contribution in [-0.4, -0.2) is 31.8 Å². The summed E-state index contributed by atoms with van der Waals surface area (Å²) >= 11 is 5.77. The minimum Gasteiger partial charge on any atom is -0.381 e. The molecule has 1 aliphatic heterocycles. The number of halogens is 1. The van der Waals surface area contributed by atoms with Gasteiger partial charge in [-0.3, -0.25) is 9.82 Å². The van der Waals surface area contributed by atoms with Gasteiger partial charge >= 0.3 is 0 Å². The number of hydrogen-bond donors (Lipinski definition) is 2. The van der Waals surface area contributed by atoms with E-state index in [1.54, 1.807) is 6.07 Å². The van der Waals surface area contributed by atoms with Crippen molar-refractivity contribution in [3.8, 4) is 0 Å². The van der Waals surface area contributed by atoms with Crippen molar-refractivity contribution in [1.82, 2.24) is 10.2 Å². The quantitative estimate of drug-likeness (QED) is 0.895. The molecule has 0 aliphatic carbocycles. The zero-order chi connectivity index (χ0) is 15.6. The number of aromatic nitrogens is 2. The van der Waals surface area contributed by atoms with Crippen molar-refractivity contribution in [3.63, 3.8) is 0 Å². The molecule has 1 aromatic heterocycles. The summed E-state index contributed by atoms with van der Waals surface area (Å²) in [5, 5.41) is 7.43. The highest BCUT2D eigenvalue weighted by Gasteiger charge is 2.20. The highest BCUT2D eigenvalue weighted by molar-refractivity contribution is 7.92.